The molecule has 0 aliphatic heterocycles. The largest absolute Gasteiger partial charge is 0.342 e. The highest BCUT2D eigenvalue weighted by atomic mass is 15.1. The molecule has 0 radical (unpaired) electrons. The van der Waals surface area contributed by atoms with Gasteiger partial charge in [-0.15, -0.1) is 0 Å². The second-order valence-electron chi connectivity index (χ2n) is 5.29. The zero-order valence-electron chi connectivity index (χ0n) is 11.6. The first-order valence-electron chi connectivity index (χ1n) is 6.35. The lowest BCUT2D eigenvalue weighted by atomic mass is 9.99. The Labute approximate surface area is 108 Å². The van der Waals surface area contributed by atoms with Gasteiger partial charge >= 0.3 is 0 Å². The Bertz CT molecular complexity index is 528. The summed E-state index contributed by atoms with van der Waals surface area (Å²) in [5, 5.41) is 0. The van der Waals surface area contributed by atoms with Crippen molar-refractivity contribution in [3.05, 3.63) is 29.6 Å². The molecule has 4 heteroatoms. The van der Waals surface area contributed by atoms with Crippen LogP contribution in [0.15, 0.2) is 18.2 Å². The topological polar surface area (TPSA) is 57.9 Å². The van der Waals surface area contributed by atoms with Crippen LogP contribution in [-0.4, -0.2) is 35.0 Å². The van der Waals surface area contributed by atoms with Gasteiger partial charge in [0.1, 0.15) is 5.82 Å². The number of nitrogens with zero attached hydrogens (tertiary/aromatic N) is 2. The van der Waals surface area contributed by atoms with Gasteiger partial charge in [0.25, 0.3) is 0 Å². The minimum Gasteiger partial charge on any atom is -0.342 e. The number of rotatable bonds is 4. The van der Waals surface area contributed by atoms with Gasteiger partial charge in [0.15, 0.2) is 0 Å². The van der Waals surface area contributed by atoms with Crippen LogP contribution in [0, 0.1) is 6.92 Å². The van der Waals surface area contributed by atoms with Crippen molar-refractivity contribution in [2.24, 2.45) is 5.73 Å². The molecule has 0 amide bonds. The molecule has 1 heterocycles. The summed E-state index contributed by atoms with van der Waals surface area (Å²) in [5.41, 5.74) is 9.35. The number of benzene rings is 1. The van der Waals surface area contributed by atoms with Crippen LogP contribution >= 0.6 is 0 Å². The van der Waals surface area contributed by atoms with Crippen LogP contribution < -0.4 is 5.73 Å². The van der Waals surface area contributed by atoms with Crippen molar-refractivity contribution in [3.63, 3.8) is 0 Å². The monoisotopic (exact) mass is 246 g/mol. The lowest BCUT2D eigenvalue weighted by Crippen LogP contribution is -2.27. The van der Waals surface area contributed by atoms with Crippen LogP contribution in [0.5, 0.6) is 0 Å². The van der Waals surface area contributed by atoms with E-state index in [9.17, 15) is 0 Å². The number of aromatic amines is 1. The predicted octanol–water partition coefficient (Wildman–Crippen LogP) is 2.21. The lowest BCUT2D eigenvalue weighted by molar-refractivity contribution is 0.272. The van der Waals surface area contributed by atoms with E-state index in [0.717, 1.165) is 23.3 Å². The summed E-state index contributed by atoms with van der Waals surface area (Å²) in [4.78, 5) is 9.93. The van der Waals surface area contributed by atoms with Crippen molar-refractivity contribution in [2.45, 2.75) is 32.4 Å². The number of H-pyrrole nitrogens is 1. The molecule has 2 rings (SSSR count). The first-order chi connectivity index (χ1) is 8.47. The van der Waals surface area contributed by atoms with Gasteiger partial charge in [-0.2, -0.15) is 0 Å². The maximum absolute atomic E-state index is 5.94. The second kappa shape index (κ2) is 5.08. The van der Waals surface area contributed by atoms with Gasteiger partial charge in [-0.05, 0) is 52.1 Å². The molecular formula is C14H22N4. The van der Waals surface area contributed by atoms with Crippen LogP contribution in [0.1, 0.15) is 30.8 Å². The fourth-order valence-corrected chi connectivity index (χ4v) is 2.36. The molecule has 2 unspecified atom stereocenters. The third-order valence-electron chi connectivity index (χ3n) is 3.23. The highest BCUT2D eigenvalue weighted by Gasteiger charge is 2.16. The molecule has 0 saturated heterocycles. The first kappa shape index (κ1) is 13.1. The summed E-state index contributed by atoms with van der Waals surface area (Å²) >= 11 is 0. The van der Waals surface area contributed by atoms with Gasteiger partial charge in [0, 0.05) is 12.1 Å². The Hall–Kier alpha value is -1.39. The molecule has 1 aromatic carbocycles. The molecule has 2 atom stereocenters. The van der Waals surface area contributed by atoms with Crippen molar-refractivity contribution in [1.29, 1.82) is 0 Å². The van der Waals surface area contributed by atoms with Gasteiger partial charge in [-0.25, -0.2) is 4.98 Å². The van der Waals surface area contributed by atoms with Crippen LogP contribution in [0.2, 0.25) is 0 Å². The minimum absolute atomic E-state index is 0.191. The number of nitrogens with two attached hydrogens (primary N) is 1. The molecule has 98 valence electrons. The number of hydrogen-bond acceptors (Lipinski definition) is 3. The smallest absolute Gasteiger partial charge is 0.104 e. The predicted molar refractivity (Wildman–Crippen MR) is 75.5 cm³/mol. The van der Waals surface area contributed by atoms with E-state index in [1.54, 1.807) is 0 Å². The van der Waals surface area contributed by atoms with E-state index < -0.39 is 0 Å². The van der Waals surface area contributed by atoms with Gasteiger partial charge in [0.2, 0.25) is 0 Å². The Balaban J connectivity index is 2.37. The zero-order chi connectivity index (χ0) is 13.3. The van der Waals surface area contributed by atoms with Gasteiger partial charge in [-0.1, -0.05) is 6.07 Å². The van der Waals surface area contributed by atoms with Crippen molar-refractivity contribution in [2.75, 3.05) is 14.1 Å². The number of hydrogen-bond donors (Lipinski definition) is 2. The summed E-state index contributed by atoms with van der Waals surface area (Å²) in [6.07, 6.45) is 0.950. The quantitative estimate of drug-likeness (QED) is 0.869. The van der Waals surface area contributed by atoms with Crippen molar-refractivity contribution in [3.8, 4) is 0 Å². The first-order valence-corrected chi connectivity index (χ1v) is 6.35. The summed E-state index contributed by atoms with van der Waals surface area (Å²) in [5.74, 6) is 0.954. The number of nitrogens with one attached hydrogen (secondary N) is 1. The van der Waals surface area contributed by atoms with Crippen molar-refractivity contribution < 1.29 is 0 Å². The van der Waals surface area contributed by atoms with Gasteiger partial charge in [0.05, 0.1) is 11.0 Å². The van der Waals surface area contributed by atoms with Crippen LogP contribution in [0.3, 0.4) is 0 Å². The molecule has 2 aromatic rings. The molecule has 0 fully saturated rings. The molecule has 0 aliphatic carbocycles. The Morgan fingerprint density at radius 3 is 2.72 bits per heavy atom. The molecule has 0 spiro atoms. The van der Waals surface area contributed by atoms with Gasteiger partial charge < -0.3 is 15.6 Å². The molecular weight excluding hydrogens is 224 g/mol. The highest BCUT2D eigenvalue weighted by molar-refractivity contribution is 5.76. The molecule has 4 nitrogen and oxygen atoms in total. The molecule has 18 heavy (non-hydrogen) atoms. The van der Waals surface area contributed by atoms with E-state index in [4.69, 9.17) is 5.73 Å². The van der Waals surface area contributed by atoms with Gasteiger partial charge in [-0.3, -0.25) is 0 Å². The minimum atomic E-state index is 0.191. The van der Waals surface area contributed by atoms with Crippen LogP contribution in [0.25, 0.3) is 11.0 Å². The fourth-order valence-electron chi connectivity index (χ4n) is 2.36. The number of aryl methyl sites for hydroxylation is 1. The van der Waals surface area contributed by atoms with Crippen LogP contribution in [-0.2, 0) is 0 Å². The Morgan fingerprint density at radius 1 is 1.39 bits per heavy atom. The summed E-state index contributed by atoms with van der Waals surface area (Å²) < 4.78 is 0. The summed E-state index contributed by atoms with van der Waals surface area (Å²) in [6, 6.07) is 6.94. The standard InChI is InChI=1S/C14H22N4/c1-9(15)7-14(18(3)4)11-5-6-12-13(8-11)17-10(2)16-12/h5-6,8-9,14H,7,15H2,1-4H3,(H,16,17). The molecule has 3 N–H and O–H groups in total. The maximum atomic E-state index is 5.94. The number of fused-ring (bicyclic) bond motifs is 1. The van der Waals surface area contributed by atoms with E-state index in [1.807, 2.05) is 6.92 Å². The number of aromatic nitrogens is 2. The SMILES string of the molecule is Cc1nc2ccc(C(CC(C)N)N(C)C)cc2[nH]1. The zero-order valence-corrected chi connectivity index (χ0v) is 11.6. The van der Waals surface area contributed by atoms with Crippen molar-refractivity contribution >= 4 is 11.0 Å². The highest BCUT2D eigenvalue weighted by Crippen LogP contribution is 2.25. The lowest BCUT2D eigenvalue weighted by Gasteiger charge is -2.26. The summed E-state index contributed by atoms with van der Waals surface area (Å²) in [7, 11) is 4.19. The maximum Gasteiger partial charge on any atom is 0.104 e. The average Bonchev–Trinajstić information content (AvgIpc) is 2.64. The third kappa shape index (κ3) is 2.71. The molecule has 0 aliphatic rings. The van der Waals surface area contributed by atoms with E-state index in [0.29, 0.717) is 6.04 Å². The van der Waals surface area contributed by atoms with E-state index in [2.05, 4.69) is 54.1 Å². The van der Waals surface area contributed by atoms with E-state index in [-0.39, 0.29) is 6.04 Å². The number of imidazole rings is 1. The Kier molecular flexibility index (Phi) is 3.68. The van der Waals surface area contributed by atoms with E-state index >= 15 is 0 Å². The molecule has 1 aromatic heterocycles. The van der Waals surface area contributed by atoms with E-state index in [1.165, 1.54) is 5.56 Å². The van der Waals surface area contributed by atoms with Crippen molar-refractivity contribution in [1.82, 2.24) is 14.9 Å². The molecule has 0 saturated carbocycles. The second-order valence-corrected chi connectivity index (χ2v) is 5.29. The fraction of sp³-hybridized carbons (Fsp3) is 0.500. The third-order valence-corrected chi connectivity index (χ3v) is 3.23. The molecule has 0 bridgehead atoms. The Morgan fingerprint density at radius 2 is 2.11 bits per heavy atom. The van der Waals surface area contributed by atoms with Crippen LogP contribution in [0.4, 0.5) is 0 Å². The normalized spacial score (nSPS) is 15.2. The summed E-state index contributed by atoms with van der Waals surface area (Å²) in [6.45, 7) is 4.03. The average molecular weight is 246 g/mol.